The predicted molar refractivity (Wildman–Crippen MR) is 89.3 cm³/mol. The van der Waals surface area contributed by atoms with Crippen LogP contribution in [0.1, 0.15) is 26.3 Å². The lowest BCUT2D eigenvalue weighted by Gasteiger charge is -2.19. The van der Waals surface area contributed by atoms with E-state index in [9.17, 15) is 0 Å². The zero-order chi connectivity index (χ0) is 15.0. The van der Waals surface area contributed by atoms with Gasteiger partial charge in [-0.3, -0.25) is 0 Å². The summed E-state index contributed by atoms with van der Waals surface area (Å²) < 4.78 is 2.13. The van der Waals surface area contributed by atoms with Gasteiger partial charge in [0.15, 0.2) is 12.4 Å². The molecule has 0 atom stereocenters. The summed E-state index contributed by atoms with van der Waals surface area (Å²) >= 11 is 0. The number of pyridine rings is 1. The summed E-state index contributed by atoms with van der Waals surface area (Å²) in [6, 6.07) is 17.5. The van der Waals surface area contributed by atoms with Gasteiger partial charge in [0, 0.05) is 10.8 Å². The zero-order valence-corrected chi connectivity index (χ0v) is 13.2. The maximum absolute atomic E-state index is 2.25. The van der Waals surface area contributed by atoms with Crippen molar-refractivity contribution in [2.24, 2.45) is 7.05 Å². The van der Waals surface area contributed by atoms with Crippen LogP contribution in [0.5, 0.6) is 0 Å². The fourth-order valence-corrected chi connectivity index (χ4v) is 2.76. The van der Waals surface area contributed by atoms with Crippen molar-refractivity contribution in [1.29, 1.82) is 0 Å². The second-order valence-corrected chi connectivity index (χ2v) is 6.75. The van der Waals surface area contributed by atoms with Crippen LogP contribution in [-0.2, 0) is 12.5 Å². The Morgan fingerprint density at radius 2 is 1.48 bits per heavy atom. The van der Waals surface area contributed by atoms with E-state index in [1.807, 2.05) is 0 Å². The predicted octanol–water partition coefficient (Wildman–Crippen LogP) is 4.63. The average molecular weight is 276 g/mol. The fraction of sp³-hybridized carbons (Fsp3) is 0.250. The lowest BCUT2D eigenvalue weighted by atomic mass is 9.86. The standard InChI is InChI=1S/C20H22N/c1-20(2,3)17-11-9-15(10-12-17)19-14-21(4)13-16-7-5-6-8-18(16)19/h5-14H,1-4H3/q+1. The van der Waals surface area contributed by atoms with Crippen LogP contribution in [0.2, 0.25) is 0 Å². The quantitative estimate of drug-likeness (QED) is 0.571. The summed E-state index contributed by atoms with van der Waals surface area (Å²) in [5.41, 5.74) is 4.13. The van der Waals surface area contributed by atoms with E-state index in [0.29, 0.717) is 0 Å². The number of aryl methyl sites for hydroxylation is 1. The molecule has 0 aliphatic heterocycles. The minimum absolute atomic E-state index is 0.196. The molecule has 1 aromatic heterocycles. The second-order valence-electron chi connectivity index (χ2n) is 6.75. The molecule has 1 heterocycles. The number of hydrogen-bond donors (Lipinski definition) is 0. The third-order valence-corrected chi connectivity index (χ3v) is 3.99. The molecule has 0 spiro atoms. The summed E-state index contributed by atoms with van der Waals surface area (Å²) in [6.45, 7) is 6.75. The van der Waals surface area contributed by atoms with E-state index in [2.05, 4.69) is 93.3 Å². The molecule has 0 aliphatic carbocycles. The minimum atomic E-state index is 0.196. The number of hydrogen-bond acceptors (Lipinski definition) is 0. The Kier molecular flexibility index (Phi) is 3.29. The van der Waals surface area contributed by atoms with Crippen LogP contribution in [-0.4, -0.2) is 0 Å². The van der Waals surface area contributed by atoms with Gasteiger partial charge < -0.3 is 0 Å². The maximum Gasteiger partial charge on any atom is 0.177 e. The average Bonchev–Trinajstić information content (AvgIpc) is 2.45. The Hall–Kier alpha value is -2.15. The zero-order valence-electron chi connectivity index (χ0n) is 13.2. The van der Waals surface area contributed by atoms with Crippen LogP contribution in [0, 0.1) is 0 Å². The SMILES string of the molecule is C[n+]1cc(-c2ccc(C(C)(C)C)cc2)c2ccccc2c1. The molecule has 106 valence electrons. The molecule has 0 bridgehead atoms. The van der Waals surface area contributed by atoms with Gasteiger partial charge in [0.05, 0.1) is 5.56 Å². The summed E-state index contributed by atoms with van der Waals surface area (Å²) in [6.07, 6.45) is 4.37. The Morgan fingerprint density at radius 3 is 2.14 bits per heavy atom. The fourth-order valence-electron chi connectivity index (χ4n) is 2.76. The van der Waals surface area contributed by atoms with Crippen molar-refractivity contribution >= 4 is 10.8 Å². The Labute approximate surface area is 126 Å². The van der Waals surface area contributed by atoms with Crippen LogP contribution < -0.4 is 4.57 Å². The van der Waals surface area contributed by atoms with Gasteiger partial charge in [0.2, 0.25) is 0 Å². The smallest absolute Gasteiger partial charge is 0.177 e. The molecule has 21 heavy (non-hydrogen) atoms. The van der Waals surface area contributed by atoms with Gasteiger partial charge in [-0.05, 0) is 22.6 Å². The van der Waals surface area contributed by atoms with Crippen LogP contribution in [0.25, 0.3) is 21.9 Å². The second kappa shape index (κ2) is 5.00. The lowest BCUT2D eigenvalue weighted by Crippen LogP contribution is -2.26. The molecule has 0 fully saturated rings. The molecule has 3 aromatic rings. The third kappa shape index (κ3) is 2.69. The van der Waals surface area contributed by atoms with Crippen molar-refractivity contribution < 1.29 is 4.57 Å². The first kappa shape index (κ1) is 13.8. The first-order chi connectivity index (χ1) is 9.95. The van der Waals surface area contributed by atoms with E-state index < -0.39 is 0 Å². The molecular weight excluding hydrogens is 254 g/mol. The van der Waals surface area contributed by atoms with Crippen molar-refractivity contribution in [3.05, 3.63) is 66.5 Å². The Balaban J connectivity index is 2.16. The van der Waals surface area contributed by atoms with E-state index in [4.69, 9.17) is 0 Å². The van der Waals surface area contributed by atoms with Crippen LogP contribution in [0.15, 0.2) is 60.9 Å². The molecule has 0 amide bonds. The number of rotatable bonds is 1. The van der Waals surface area contributed by atoms with Gasteiger partial charge >= 0.3 is 0 Å². The molecule has 1 nitrogen and oxygen atoms in total. The van der Waals surface area contributed by atoms with E-state index in [1.54, 1.807) is 0 Å². The molecule has 0 N–H and O–H groups in total. The molecule has 0 unspecified atom stereocenters. The minimum Gasteiger partial charge on any atom is -0.207 e. The molecular formula is C20H22N+. The van der Waals surface area contributed by atoms with E-state index in [1.165, 1.54) is 27.5 Å². The summed E-state index contributed by atoms with van der Waals surface area (Å²) in [5, 5.41) is 2.58. The van der Waals surface area contributed by atoms with Crippen molar-refractivity contribution in [1.82, 2.24) is 0 Å². The van der Waals surface area contributed by atoms with Gasteiger partial charge in [-0.2, -0.15) is 0 Å². The molecule has 1 heteroatoms. The van der Waals surface area contributed by atoms with Gasteiger partial charge in [-0.15, -0.1) is 0 Å². The summed E-state index contributed by atoms with van der Waals surface area (Å²) in [5.74, 6) is 0. The molecule has 0 saturated carbocycles. The molecule has 2 aromatic carbocycles. The van der Waals surface area contributed by atoms with Crippen molar-refractivity contribution in [3.63, 3.8) is 0 Å². The molecule has 0 aliphatic rings. The third-order valence-electron chi connectivity index (χ3n) is 3.99. The Bertz CT molecular complexity index is 777. The van der Waals surface area contributed by atoms with Crippen LogP contribution >= 0.6 is 0 Å². The first-order valence-corrected chi connectivity index (χ1v) is 7.44. The van der Waals surface area contributed by atoms with Crippen molar-refractivity contribution in [2.45, 2.75) is 26.2 Å². The highest BCUT2D eigenvalue weighted by atomic mass is 14.9. The first-order valence-electron chi connectivity index (χ1n) is 7.44. The van der Waals surface area contributed by atoms with Crippen molar-refractivity contribution in [2.75, 3.05) is 0 Å². The molecule has 3 rings (SSSR count). The normalized spacial score (nSPS) is 11.8. The summed E-state index contributed by atoms with van der Waals surface area (Å²) in [4.78, 5) is 0. The van der Waals surface area contributed by atoms with Gasteiger partial charge in [-0.25, -0.2) is 4.57 Å². The highest BCUT2D eigenvalue weighted by Gasteiger charge is 2.14. The maximum atomic E-state index is 2.25. The number of fused-ring (bicyclic) bond motifs is 1. The largest absolute Gasteiger partial charge is 0.207 e. The number of benzene rings is 2. The monoisotopic (exact) mass is 276 g/mol. The number of nitrogens with zero attached hydrogens (tertiary/aromatic N) is 1. The van der Waals surface area contributed by atoms with E-state index in [-0.39, 0.29) is 5.41 Å². The Morgan fingerprint density at radius 1 is 0.810 bits per heavy atom. The number of aromatic nitrogens is 1. The van der Waals surface area contributed by atoms with Crippen LogP contribution in [0.3, 0.4) is 0 Å². The van der Waals surface area contributed by atoms with Gasteiger partial charge in [0.1, 0.15) is 7.05 Å². The highest BCUT2D eigenvalue weighted by molar-refractivity contribution is 5.95. The van der Waals surface area contributed by atoms with Crippen LogP contribution in [0.4, 0.5) is 0 Å². The summed E-state index contributed by atoms with van der Waals surface area (Å²) in [7, 11) is 2.08. The van der Waals surface area contributed by atoms with Gasteiger partial charge in [-0.1, -0.05) is 63.2 Å². The highest BCUT2D eigenvalue weighted by Crippen LogP contribution is 2.29. The lowest BCUT2D eigenvalue weighted by molar-refractivity contribution is -0.669. The van der Waals surface area contributed by atoms with E-state index in [0.717, 1.165) is 0 Å². The van der Waals surface area contributed by atoms with E-state index >= 15 is 0 Å². The topological polar surface area (TPSA) is 3.88 Å². The van der Waals surface area contributed by atoms with Crippen molar-refractivity contribution in [3.8, 4) is 11.1 Å². The molecule has 0 radical (unpaired) electrons. The molecule has 0 saturated heterocycles. The van der Waals surface area contributed by atoms with Gasteiger partial charge in [0.25, 0.3) is 0 Å².